The summed E-state index contributed by atoms with van der Waals surface area (Å²) < 4.78 is 14.1. The second kappa shape index (κ2) is 8.42. The zero-order valence-electron chi connectivity index (χ0n) is 16.1. The average Bonchev–Trinajstić information content (AvgIpc) is 2.85. The van der Waals surface area contributed by atoms with E-state index in [0.29, 0.717) is 10.6 Å². The van der Waals surface area contributed by atoms with E-state index in [9.17, 15) is 4.39 Å². The van der Waals surface area contributed by atoms with Crippen molar-refractivity contribution in [1.29, 1.82) is 5.26 Å². The third-order valence-electron chi connectivity index (χ3n) is 6.01. The third-order valence-corrected chi connectivity index (χ3v) is 6.46. The number of hydrogen-bond donors (Lipinski definition) is 0. The Morgan fingerprint density at radius 3 is 2.74 bits per heavy atom. The Labute approximate surface area is 166 Å². The molecule has 142 valence electrons. The van der Waals surface area contributed by atoms with Gasteiger partial charge in [-0.15, -0.1) is 0 Å². The van der Waals surface area contributed by atoms with Gasteiger partial charge in [0.1, 0.15) is 11.9 Å². The summed E-state index contributed by atoms with van der Waals surface area (Å²) in [5, 5.41) is 9.61. The van der Waals surface area contributed by atoms with E-state index in [1.807, 2.05) is 18.2 Å². The van der Waals surface area contributed by atoms with E-state index in [1.165, 1.54) is 37.8 Å². The van der Waals surface area contributed by atoms with E-state index in [2.05, 4.69) is 24.8 Å². The molecule has 0 bridgehead atoms. The summed E-state index contributed by atoms with van der Waals surface area (Å²) in [6.07, 6.45) is 6.10. The standard InChI is InChI=1S/C23H26ClFN2/c1-3-23(2)12-5-4-6-13-27(23)16-19-8-7-9-20(22(19)24)17-10-11-18(15-26)21(25)14-17/h7-11,14H,3-6,12-13,16H2,1-2H3. The highest BCUT2D eigenvalue weighted by Gasteiger charge is 2.31. The van der Waals surface area contributed by atoms with Crippen molar-refractivity contribution in [2.45, 2.75) is 58.0 Å². The van der Waals surface area contributed by atoms with Crippen LogP contribution in [0.5, 0.6) is 0 Å². The van der Waals surface area contributed by atoms with Gasteiger partial charge in [0.2, 0.25) is 0 Å². The molecule has 1 fully saturated rings. The first kappa shape index (κ1) is 19.9. The first-order valence-corrected chi connectivity index (χ1v) is 10.1. The lowest BCUT2D eigenvalue weighted by Gasteiger charge is -2.40. The molecule has 2 aromatic rings. The minimum Gasteiger partial charge on any atom is -0.294 e. The van der Waals surface area contributed by atoms with Crippen molar-refractivity contribution in [2.75, 3.05) is 6.54 Å². The zero-order valence-corrected chi connectivity index (χ0v) is 16.8. The Bertz CT molecular complexity index is 858. The van der Waals surface area contributed by atoms with E-state index < -0.39 is 5.82 Å². The van der Waals surface area contributed by atoms with E-state index in [1.54, 1.807) is 6.07 Å². The highest BCUT2D eigenvalue weighted by Crippen LogP contribution is 2.36. The molecule has 1 atom stereocenters. The lowest BCUT2D eigenvalue weighted by atomic mass is 9.90. The average molecular weight is 385 g/mol. The summed E-state index contributed by atoms with van der Waals surface area (Å²) in [7, 11) is 0. The smallest absolute Gasteiger partial charge is 0.141 e. The van der Waals surface area contributed by atoms with E-state index in [0.717, 1.165) is 30.6 Å². The molecule has 0 radical (unpaired) electrons. The summed E-state index contributed by atoms with van der Waals surface area (Å²) >= 11 is 6.75. The maximum absolute atomic E-state index is 14.1. The van der Waals surface area contributed by atoms with Gasteiger partial charge in [0.05, 0.1) is 10.6 Å². The Morgan fingerprint density at radius 2 is 2.04 bits per heavy atom. The number of nitriles is 1. The van der Waals surface area contributed by atoms with Crippen LogP contribution < -0.4 is 0 Å². The molecule has 0 spiro atoms. The molecule has 4 heteroatoms. The summed E-state index contributed by atoms with van der Waals surface area (Å²) in [6, 6.07) is 12.5. The normalized spacial score (nSPS) is 20.9. The lowest BCUT2D eigenvalue weighted by molar-refractivity contribution is 0.0926. The van der Waals surface area contributed by atoms with Gasteiger partial charge < -0.3 is 0 Å². The fourth-order valence-electron chi connectivity index (χ4n) is 3.99. The molecule has 1 saturated heterocycles. The van der Waals surface area contributed by atoms with Crippen LogP contribution in [0.4, 0.5) is 4.39 Å². The highest BCUT2D eigenvalue weighted by molar-refractivity contribution is 6.34. The van der Waals surface area contributed by atoms with Gasteiger partial charge in [0.15, 0.2) is 0 Å². The maximum Gasteiger partial charge on any atom is 0.141 e. The molecule has 0 aliphatic carbocycles. The third kappa shape index (κ3) is 4.18. The predicted octanol–water partition coefficient (Wildman–Crippen LogP) is 6.56. The first-order chi connectivity index (χ1) is 13.0. The predicted molar refractivity (Wildman–Crippen MR) is 109 cm³/mol. The number of likely N-dealkylation sites (tertiary alicyclic amines) is 1. The molecule has 0 N–H and O–H groups in total. The van der Waals surface area contributed by atoms with Crippen LogP contribution in [0, 0.1) is 17.1 Å². The molecule has 2 nitrogen and oxygen atoms in total. The second-order valence-corrected chi connectivity index (χ2v) is 8.05. The largest absolute Gasteiger partial charge is 0.294 e. The van der Waals surface area contributed by atoms with Gasteiger partial charge in [-0.05, 0) is 56.0 Å². The number of nitrogens with zero attached hydrogens (tertiary/aromatic N) is 2. The van der Waals surface area contributed by atoms with Crippen LogP contribution in [-0.2, 0) is 6.54 Å². The zero-order chi connectivity index (χ0) is 19.4. The minimum atomic E-state index is -0.512. The second-order valence-electron chi connectivity index (χ2n) is 7.67. The molecule has 1 unspecified atom stereocenters. The molecular weight excluding hydrogens is 359 g/mol. The van der Waals surface area contributed by atoms with Crippen molar-refractivity contribution in [1.82, 2.24) is 4.90 Å². The Balaban J connectivity index is 1.93. The quantitative estimate of drug-likeness (QED) is 0.596. The summed E-state index contributed by atoms with van der Waals surface area (Å²) in [4.78, 5) is 2.56. The molecule has 0 saturated carbocycles. The van der Waals surface area contributed by atoms with Gasteiger partial charge in [-0.3, -0.25) is 4.90 Å². The molecule has 27 heavy (non-hydrogen) atoms. The van der Waals surface area contributed by atoms with Crippen molar-refractivity contribution in [3.05, 3.63) is 58.4 Å². The van der Waals surface area contributed by atoms with E-state index in [-0.39, 0.29) is 11.1 Å². The van der Waals surface area contributed by atoms with Crippen LogP contribution >= 0.6 is 11.6 Å². The number of rotatable bonds is 4. The van der Waals surface area contributed by atoms with Crippen LogP contribution in [-0.4, -0.2) is 17.0 Å². The van der Waals surface area contributed by atoms with Crippen molar-refractivity contribution in [2.24, 2.45) is 0 Å². The van der Waals surface area contributed by atoms with Crippen LogP contribution in [0.25, 0.3) is 11.1 Å². The Kier molecular flexibility index (Phi) is 6.19. The van der Waals surface area contributed by atoms with Crippen LogP contribution in [0.3, 0.4) is 0 Å². The van der Waals surface area contributed by atoms with Gasteiger partial charge >= 0.3 is 0 Å². The minimum absolute atomic E-state index is 0.0503. The van der Waals surface area contributed by atoms with Gasteiger partial charge in [-0.1, -0.05) is 55.6 Å². The fraction of sp³-hybridized carbons (Fsp3) is 0.435. The van der Waals surface area contributed by atoms with E-state index >= 15 is 0 Å². The molecular formula is C23H26ClFN2. The van der Waals surface area contributed by atoms with E-state index in [4.69, 9.17) is 16.9 Å². The lowest BCUT2D eigenvalue weighted by Crippen LogP contribution is -2.44. The van der Waals surface area contributed by atoms with Crippen molar-refractivity contribution in [3.8, 4) is 17.2 Å². The molecule has 3 rings (SSSR count). The Hall–Kier alpha value is -1.89. The summed E-state index contributed by atoms with van der Waals surface area (Å²) in [6.45, 7) is 6.49. The SMILES string of the molecule is CCC1(C)CCCCCN1Cc1cccc(-c2ccc(C#N)c(F)c2)c1Cl. The first-order valence-electron chi connectivity index (χ1n) is 9.71. The van der Waals surface area contributed by atoms with Crippen molar-refractivity contribution in [3.63, 3.8) is 0 Å². The summed E-state index contributed by atoms with van der Waals surface area (Å²) in [5.41, 5.74) is 2.82. The molecule has 1 heterocycles. The summed E-state index contributed by atoms with van der Waals surface area (Å²) in [5.74, 6) is -0.512. The van der Waals surface area contributed by atoms with Crippen LogP contribution in [0.1, 0.15) is 57.1 Å². The van der Waals surface area contributed by atoms with Crippen LogP contribution in [0.15, 0.2) is 36.4 Å². The van der Waals surface area contributed by atoms with Gasteiger partial charge in [0.25, 0.3) is 0 Å². The number of hydrogen-bond acceptors (Lipinski definition) is 2. The maximum atomic E-state index is 14.1. The van der Waals surface area contributed by atoms with Crippen molar-refractivity contribution < 1.29 is 4.39 Å². The van der Waals surface area contributed by atoms with Crippen molar-refractivity contribution >= 4 is 11.6 Å². The molecule has 1 aliphatic heterocycles. The van der Waals surface area contributed by atoms with Crippen LogP contribution in [0.2, 0.25) is 5.02 Å². The van der Waals surface area contributed by atoms with Gasteiger partial charge in [-0.25, -0.2) is 4.39 Å². The molecule has 2 aromatic carbocycles. The fourth-order valence-corrected chi connectivity index (χ4v) is 4.28. The van der Waals surface area contributed by atoms with Gasteiger partial charge in [0, 0.05) is 17.6 Å². The molecule has 1 aliphatic rings. The highest BCUT2D eigenvalue weighted by atomic mass is 35.5. The topological polar surface area (TPSA) is 27.0 Å². The molecule has 0 amide bonds. The monoisotopic (exact) mass is 384 g/mol. The number of benzene rings is 2. The molecule has 0 aromatic heterocycles. The number of halogens is 2. The Morgan fingerprint density at radius 1 is 1.22 bits per heavy atom. The van der Waals surface area contributed by atoms with Gasteiger partial charge in [-0.2, -0.15) is 5.26 Å².